The van der Waals surface area contributed by atoms with Crippen LogP contribution in [0.2, 0.25) is 5.02 Å². The van der Waals surface area contributed by atoms with Gasteiger partial charge in [0.05, 0.1) is 30.6 Å². The van der Waals surface area contributed by atoms with Gasteiger partial charge in [0.2, 0.25) is 11.7 Å². The Kier molecular flexibility index (Phi) is 19.0. The first-order valence-electron chi connectivity index (χ1n) is 31.4. The quantitative estimate of drug-likeness (QED) is 0.0764. The fraction of sp³-hybridized carbons (Fsp3) is 0.437. The molecule has 17 nitrogen and oxygen atoms in total. The number of halogens is 2. The van der Waals surface area contributed by atoms with Crippen LogP contribution in [0.3, 0.4) is 0 Å². The van der Waals surface area contributed by atoms with Crippen molar-refractivity contribution in [1.82, 2.24) is 30.1 Å². The van der Waals surface area contributed by atoms with Crippen molar-refractivity contribution in [2.75, 3.05) is 19.7 Å². The second kappa shape index (κ2) is 26.6. The number of H-pyrrole nitrogens is 1. The van der Waals surface area contributed by atoms with Crippen LogP contribution in [0.4, 0.5) is 0 Å². The molecular formula is C71H78BrClN6O11. The van der Waals surface area contributed by atoms with Crippen molar-refractivity contribution >= 4 is 78.7 Å². The van der Waals surface area contributed by atoms with E-state index in [0.717, 1.165) is 100 Å². The van der Waals surface area contributed by atoms with Crippen LogP contribution in [0.5, 0.6) is 0 Å². The number of nitrogens with one attached hydrogen (secondary N) is 1. The number of carboxylic acid groups (broad SMARTS) is 2. The minimum atomic E-state index is -1.20. The maximum Gasteiger partial charge on any atom is 0.310 e. The highest BCUT2D eigenvalue weighted by molar-refractivity contribution is 9.10. The average Bonchev–Trinajstić information content (AvgIpc) is 1.47. The zero-order valence-electron chi connectivity index (χ0n) is 51.4. The van der Waals surface area contributed by atoms with E-state index in [-0.39, 0.29) is 40.6 Å². The molecule has 14 rings (SSSR count). The van der Waals surface area contributed by atoms with Gasteiger partial charge in [-0.15, -0.1) is 10.2 Å². The molecular weight excluding hydrogens is 1230 g/mol. The number of aromatic nitrogens is 5. The molecule has 4 heterocycles. The molecule has 19 heteroatoms. The van der Waals surface area contributed by atoms with Crippen LogP contribution < -0.4 is 0 Å². The number of carbonyl (C=O) groups excluding carboxylic acids is 3. The summed E-state index contributed by atoms with van der Waals surface area (Å²) in [6, 6.07) is 33.5. The van der Waals surface area contributed by atoms with Crippen LogP contribution in [0.25, 0.3) is 44.3 Å². The maximum atomic E-state index is 13.2. The molecule has 5 N–H and O–H groups in total. The van der Waals surface area contributed by atoms with Crippen molar-refractivity contribution in [1.29, 1.82) is 0 Å². The highest BCUT2D eigenvalue weighted by atomic mass is 79.9. The number of ether oxygens (including phenoxy) is 2. The second-order valence-corrected chi connectivity index (χ2v) is 27.0. The number of amides is 1. The Bertz CT molecular complexity index is 3950. The van der Waals surface area contributed by atoms with E-state index in [1.165, 1.54) is 33.5 Å². The van der Waals surface area contributed by atoms with E-state index >= 15 is 0 Å². The van der Waals surface area contributed by atoms with E-state index in [2.05, 4.69) is 75.3 Å². The summed E-state index contributed by atoms with van der Waals surface area (Å²) in [5, 5.41) is 54.7. The lowest BCUT2D eigenvalue weighted by Crippen LogP contribution is -2.63. The number of carbonyl (C=O) groups is 5. The van der Waals surface area contributed by atoms with Gasteiger partial charge >= 0.3 is 11.9 Å². The molecule has 0 radical (unpaired) electrons. The number of aryl methyl sites for hydroxylation is 1. The van der Waals surface area contributed by atoms with Crippen LogP contribution in [0.15, 0.2) is 131 Å². The predicted molar refractivity (Wildman–Crippen MR) is 346 cm³/mol. The third kappa shape index (κ3) is 12.4. The van der Waals surface area contributed by atoms with Crippen molar-refractivity contribution in [3.63, 3.8) is 0 Å². The van der Waals surface area contributed by atoms with Crippen LogP contribution in [-0.4, -0.2) is 124 Å². The molecule has 1 amide bonds. The molecule has 0 bridgehead atoms. The number of aliphatic hydroxyl groups is 2. The number of aliphatic carboxylic acids is 2. The molecule has 7 aromatic rings. The van der Waals surface area contributed by atoms with E-state index in [9.17, 15) is 34.2 Å². The number of piperidine rings is 1. The zero-order valence-corrected chi connectivity index (χ0v) is 53.8. The van der Waals surface area contributed by atoms with Crippen LogP contribution in [0.1, 0.15) is 133 Å². The molecule has 472 valence electrons. The Labute approximate surface area is 537 Å². The van der Waals surface area contributed by atoms with Crippen molar-refractivity contribution in [2.45, 2.75) is 148 Å². The normalized spacial score (nSPS) is 26.5. The van der Waals surface area contributed by atoms with E-state index in [4.69, 9.17) is 31.3 Å². The van der Waals surface area contributed by atoms with E-state index in [0.29, 0.717) is 43.1 Å². The topological polar surface area (TPSA) is 247 Å². The van der Waals surface area contributed by atoms with Crippen molar-refractivity contribution in [3.8, 4) is 22.5 Å². The Balaban J connectivity index is 0.000000127. The Morgan fingerprint density at radius 3 is 2.32 bits per heavy atom. The third-order valence-corrected chi connectivity index (χ3v) is 21.0. The fourth-order valence-electron chi connectivity index (χ4n) is 15.6. The van der Waals surface area contributed by atoms with Crippen LogP contribution in [-0.2, 0) is 46.4 Å². The molecule has 2 aromatic heterocycles. The van der Waals surface area contributed by atoms with Crippen LogP contribution in [0, 0.1) is 28.6 Å². The molecule has 3 unspecified atom stereocenters. The number of benzene rings is 5. The summed E-state index contributed by atoms with van der Waals surface area (Å²) in [7, 11) is 0. The van der Waals surface area contributed by atoms with E-state index in [1.54, 1.807) is 26.0 Å². The standard InChI is InChI=1S/C25H34O6.C16H14O2.C15H18BrN5O.C15H12ClNO2/c1-4-5-21-30-20-11-17-16-7-6-14-10-15(27)8-9-23(14,2)22(16)18(28)12-24(17,3)25(20,31-21)19(29)13-26;1-10(16(17)18)11-6-7-15-13(8-11)9-12-4-2-3-5-14(12)15;16-13-6-4-5-12(11-13)15-17-19-21(18-15)10-7-14(22)20-8-2-1-3-9-20;1-8(15(18)19)9-2-4-11-12-7-10(16)3-5-13(12)17-14(11)6-9/h8-10,16-18,20-22,26,28H,4-7,11-13H2,1-3H3;2-8,10H,9H2,1H3,(H,17,18);4-6,11H,1-3,7-10H2;2-8,17H,1H3,(H,18,19)/t16-,17-,18-,20+,21?,22+,23-,24-,25+;;;/m0.../s1. The lowest BCUT2D eigenvalue weighted by molar-refractivity contribution is -0.200. The number of nitrogens with zero attached hydrogens (tertiary/aromatic N) is 5. The lowest BCUT2D eigenvalue weighted by Gasteiger charge is -2.59. The largest absolute Gasteiger partial charge is 0.481 e. The number of aliphatic hydroxyl groups excluding tert-OH is 2. The molecule has 90 heavy (non-hydrogen) atoms. The van der Waals surface area contributed by atoms with Gasteiger partial charge in [-0.3, -0.25) is 24.0 Å². The van der Waals surface area contributed by atoms with Gasteiger partial charge in [-0.05, 0) is 171 Å². The molecule has 0 spiro atoms. The molecule has 11 atom stereocenters. The van der Waals surface area contributed by atoms with Crippen molar-refractivity contribution < 1.29 is 53.9 Å². The number of carboxylic acids is 2. The summed E-state index contributed by atoms with van der Waals surface area (Å²) in [5.74, 6) is -1.77. The molecule has 2 aliphatic heterocycles. The molecule has 7 aliphatic rings. The van der Waals surface area contributed by atoms with Gasteiger partial charge in [-0.1, -0.05) is 133 Å². The number of allylic oxidation sites excluding steroid dienone is 4. The number of Topliss-reactive ketones (excluding diaryl/α,β-unsaturated/α-hetero) is 1. The first-order valence-corrected chi connectivity index (χ1v) is 32.6. The zero-order chi connectivity index (χ0) is 63.8. The molecule has 3 saturated carbocycles. The Morgan fingerprint density at radius 1 is 0.856 bits per heavy atom. The number of likely N-dealkylation sites (tertiary alicyclic amines) is 1. The summed E-state index contributed by atoms with van der Waals surface area (Å²) in [6.07, 6.45) is 13.1. The minimum Gasteiger partial charge on any atom is -0.481 e. The minimum absolute atomic E-state index is 0.0125. The predicted octanol–water partition coefficient (Wildman–Crippen LogP) is 12.8. The van der Waals surface area contributed by atoms with Gasteiger partial charge < -0.3 is 39.8 Å². The van der Waals surface area contributed by atoms with Crippen molar-refractivity contribution in [2.24, 2.45) is 28.6 Å². The monoisotopic (exact) mass is 1300 g/mol. The summed E-state index contributed by atoms with van der Waals surface area (Å²) in [4.78, 5) is 66.1. The third-order valence-electron chi connectivity index (χ3n) is 20.3. The smallest absolute Gasteiger partial charge is 0.310 e. The highest BCUT2D eigenvalue weighted by Crippen LogP contribution is 2.70. The summed E-state index contributed by atoms with van der Waals surface area (Å²) in [5.41, 5.74) is 8.55. The maximum absolute atomic E-state index is 13.2. The van der Waals surface area contributed by atoms with Crippen molar-refractivity contribution in [3.05, 3.63) is 159 Å². The molecule has 5 fully saturated rings. The Morgan fingerprint density at radius 2 is 1.59 bits per heavy atom. The van der Waals surface area contributed by atoms with E-state index < -0.39 is 59.9 Å². The summed E-state index contributed by atoms with van der Waals surface area (Å²) >= 11 is 9.43. The van der Waals surface area contributed by atoms with Gasteiger partial charge in [0.25, 0.3) is 0 Å². The number of ketones is 2. The summed E-state index contributed by atoms with van der Waals surface area (Å²) in [6.45, 7) is 11.3. The fourth-order valence-corrected chi connectivity index (χ4v) is 16.2. The molecule has 2 saturated heterocycles. The first kappa shape index (κ1) is 64.3. The van der Waals surface area contributed by atoms with Gasteiger partial charge in [-0.2, -0.15) is 4.80 Å². The van der Waals surface area contributed by atoms with Crippen LogP contribution >= 0.6 is 27.5 Å². The van der Waals surface area contributed by atoms with Gasteiger partial charge in [0.1, 0.15) is 6.61 Å². The van der Waals surface area contributed by atoms with Gasteiger partial charge in [0.15, 0.2) is 23.5 Å². The first-order chi connectivity index (χ1) is 43.2. The summed E-state index contributed by atoms with van der Waals surface area (Å²) < 4.78 is 13.6. The Hall–Kier alpha value is -7.19. The lowest BCUT2D eigenvalue weighted by atomic mass is 9.46. The SMILES string of the molecule is CC(C(=O)O)c1ccc2c(c1)Cc1ccccc1-2.CC(C(=O)O)c1ccc2c(c1)[nH]c1ccc(Cl)cc12.CCCC1O[C@@H]2C[C@H]3[C@@H]4CCC5=CC(=O)C=C[C@]5(C)[C@H]4[C@@H](O)C[C@]3(C)[C@]2(C(=O)CO)O1.O=C(CCn1nnc(-c2cccc(Br)c2)n1)N1CCCCC1. The second-order valence-electron chi connectivity index (χ2n) is 25.6. The number of aromatic amines is 1. The number of hydrogen-bond donors (Lipinski definition) is 5. The average molecular weight is 1310 g/mol. The number of fused-ring (bicyclic) bond motifs is 13. The van der Waals surface area contributed by atoms with Gasteiger partial charge in [0, 0.05) is 73.1 Å². The molecule has 5 aromatic carbocycles. The number of hydrogen-bond acceptors (Lipinski definition) is 12. The number of rotatable bonds is 12. The van der Waals surface area contributed by atoms with E-state index in [1.807, 2.05) is 95.9 Å². The highest BCUT2D eigenvalue weighted by Gasteiger charge is 2.75. The molecule has 5 aliphatic carbocycles. The number of tetrazole rings is 1. The van der Waals surface area contributed by atoms with Gasteiger partial charge in [-0.25, -0.2) is 0 Å².